The van der Waals surface area contributed by atoms with Gasteiger partial charge in [0.25, 0.3) is 0 Å². The molecular formula is C18H36. The highest BCUT2D eigenvalue weighted by molar-refractivity contribution is 4.79. The van der Waals surface area contributed by atoms with Crippen LogP contribution in [0.2, 0.25) is 0 Å². The summed E-state index contributed by atoms with van der Waals surface area (Å²) in [5.74, 6) is 4.01. The first-order valence-corrected chi connectivity index (χ1v) is 8.69. The first-order valence-electron chi connectivity index (χ1n) is 8.69. The Labute approximate surface area is 116 Å². The maximum Gasteiger partial charge on any atom is -0.0360 e. The molecule has 1 aliphatic rings. The summed E-state index contributed by atoms with van der Waals surface area (Å²) in [6.07, 6.45) is 14.7. The van der Waals surface area contributed by atoms with Crippen molar-refractivity contribution in [3.05, 3.63) is 0 Å². The molecule has 4 unspecified atom stereocenters. The fourth-order valence-corrected chi connectivity index (χ4v) is 3.81. The van der Waals surface area contributed by atoms with Crippen LogP contribution in [-0.2, 0) is 0 Å². The zero-order valence-corrected chi connectivity index (χ0v) is 13.4. The van der Waals surface area contributed by atoms with E-state index in [4.69, 9.17) is 0 Å². The fraction of sp³-hybridized carbons (Fsp3) is 1.00. The summed E-state index contributed by atoms with van der Waals surface area (Å²) in [7, 11) is 0. The van der Waals surface area contributed by atoms with Crippen molar-refractivity contribution >= 4 is 0 Å². The smallest absolute Gasteiger partial charge is 0.0360 e. The van der Waals surface area contributed by atoms with Gasteiger partial charge in [-0.25, -0.2) is 0 Å². The Morgan fingerprint density at radius 3 is 2.33 bits per heavy atom. The van der Waals surface area contributed by atoms with E-state index in [2.05, 4.69) is 27.7 Å². The van der Waals surface area contributed by atoms with E-state index in [1.54, 1.807) is 0 Å². The molecule has 0 spiro atoms. The average Bonchev–Trinajstić information content (AvgIpc) is 2.56. The lowest BCUT2D eigenvalue weighted by atomic mass is 9.76. The molecule has 0 heterocycles. The monoisotopic (exact) mass is 252 g/mol. The lowest BCUT2D eigenvalue weighted by Gasteiger charge is -2.30. The third kappa shape index (κ3) is 5.33. The molecule has 0 nitrogen and oxygen atoms in total. The molecular weight excluding hydrogens is 216 g/mol. The zero-order valence-electron chi connectivity index (χ0n) is 13.4. The zero-order chi connectivity index (χ0) is 13.4. The largest absolute Gasteiger partial charge is 0.0654 e. The average molecular weight is 252 g/mol. The van der Waals surface area contributed by atoms with Crippen molar-refractivity contribution in [2.75, 3.05) is 0 Å². The van der Waals surface area contributed by atoms with Gasteiger partial charge in [-0.15, -0.1) is 0 Å². The van der Waals surface area contributed by atoms with E-state index in [0.29, 0.717) is 0 Å². The molecule has 0 N–H and O–H groups in total. The van der Waals surface area contributed by atoms with Gasteiger partial charge in [-0.05, 0) is 36.5 Å². The number of unbranched alkanes of at least 4 members (excludes halogenated alkanes) is 3. The second-order valence-electron chi connectivity index (χ2n) is 6.92. The van der Waals surface area contributed by atoms with Gasteiger partial charge < -0.3 is 0 Å². The summed E-state index contributed by atoms with van der Waals surface area (Å²) in [5, 5.41) is 0. The molecule has 0 aromatic carbocycles. The second-order valence-corrected chi connectivity index (χ2v) is 6.92. The van der Waals surface area contributed by atoms with Crippen LogP contribution in [0, 0.1) is 23.7 Å². The third-order valence-electron chi connectivity index (χ3n) is 5.43. The predicted molar refractivity (Wildman–Crippen MR) is 82.8 cm³/mol. The van der Waals surface area contributed by atoms with E-state index in [1.165, 1.54) is 64.2 Å². The third-order valence-corrected chi connectivity index (χ3v) is 5.43. The molecule has 0 aromatic rings. The Morgan fingerprint density at radius 2 is 1.67 bits per heavy atom. The normalized spacial score (nSPS) is 31.0. The molecule has 0 aliphatic heterocycles. The van der Waals surface area contributed by atoms with Crippen molar-refractivity contribution in [3.8, 4) is 0 Å². The minimum atomic E-state index is 0.950. The van der Waals surface area contributed by atoms with Gasteiger partial charge in [-0.2, -0.15) is 0 Å². The van der Waals surface area contributed by atoms with E-state index >= 15 is 0 Å². The van der Waals surface area contributed by atoms with Crippen molar-refractivity contribution in [1.82, 2.24) is 0 Å². The Morgan fingerprint density at radius 1 is 0.944 bits per heavy atom. The van der Waals surface area contributed by atoms with E-state index in [0.717, 1.165) is 23.7 Å². The van der Waals surface area contributed by atoms with Gasteiger partial charge in [0.2, 0.25) is 0 Å². The molecule has 0 saturated heterocycles. The van der Waals surface area contributed by atoms with Crippen molar-refractivity contribution in [2.24, 2.45) is 23.7 Å². The van der Waals surface area contributed by atoms with Crippen LogP contribution < -0.4 is 0 Å². The standard InChI is InChI=1S/C18H36/c1-5-7-8-9-10-17-13-11-15(3)12-14-18(17)16(4)6-2/h15-18H,5-14H2,1-4H3. The van der Waals surface area contributed by atoms with E-state index < -0.39 is 0 Å². The van der Waals surface area contributed by atoms with Crippen molar-refractivity contribution in [3.63, 3.8) is 0 Å². The number of hydrogen-bond acceptors (Lipinski definition) is 0. The lowest BCUT2D eigenvalue weighted by molar-refractivity contribution is 0.204. The molecule has 0 heteroatoms. The van der Waals surface area contributed by atoms with Gasteiger partial charge in [0.1, 0.15) is 0 Å². The molecule has 1 aliphatic carbocycles. The van der Waals surface area contributed by atoms with Crippen molar-refractivity contribution in [2.45, 2.75) is 91.9 Å². The van der Waals surface area contributed by atoms with Gasteiger partial charge in [0, 0.05) is 0 Å². The molecule has 4 atom stereocenters. The highest BCUT2D eigenvalue weighted by Gasteiger charge is 2.28. The van der Waals surface area contributed by atoms with Gasteiger partial charge in [0.05, 0.1) is 0 Å². The predicted octanol–water partition coefficient (Wildman–Crippen LogP) is 6.45. The van der Waals surface area contributed by atoms with Gasteiger partial charge >= 0.3 is 0 Å². The van der Waals surface area contributed by atoms with Crippen LogP contribution in [0.4, 0.5) is 0 Å². The number of rotatable bonds is 7. The molecule has 0 bridgehead atoms. The maximum atomic E-state index is 2.50. The summed E-state index contributed by atoms with van der Waals surface area (Å²) in [4.78, 5) is 0. The quantitative estimate of drug-likeness (QED) is 0.361. The second kappa shape index (κ2) is 8.99. The van der Waals surface area contributed by atoms with E-state index in [9.17, 15) is 0 Å². The Kier molecular flexibility index (Phi) is 8.02. The summed E-state index contributed by atoms with van der Waals surface area (Å²) in [6.45, 7) is 9.66. The van der Waals surface area contributed by atoms with Gasteiger partial charge in [-0.1, -0.05) is 79.1 Å². The molecule has 1 rings (SSSR count). The summed E-state index contributed by atoms with van der Waals surface area (Å²) < 4.78 is 0. The SMILES string of the molecule is CCCCCCC1CCC(C)CCC1C(C)CC. The Balaban J connectivity index is 2.46. The van der Waals surface area contributed by atoms with Crippen LogP contribution in [0.15, 0.2) is 0 Å². The van der Waals surface area contributed by atoms with Crippen LogP contribution in [0.1, 0.15) is 91.9 Å². The first kappa shape index (κ1) is 16.1. The minimum Gasteiger partial charge on any atom is -0.0654 e. The Bertz CT molecular complexity index is 196. The summed E-state index contributed by atoms with van der Waals surface area (Å²) >= 11 is 0. The van der Waals surface area contributed by atoms with Crippen LogP contribution in [0.25, 0.3) is 0 Å². The molecule has 108 valence electrons. The molecule has 0 aromatic heterocycles. The molecule has 0 amide bonds. The minimum absolute atomic E-state index is 0.950. The number of hydrogen-bond donors (Lipinski definition) is 0. The highest BCUT2D eigenvalue weighted by Crippen LogP contribution is 2.39. The van der Waals surface area contributed by atoms with Crippen LogP contribution in [0.3, 0.4) is 0 Å². The summed E-state index contributed by atoms with van der Waals surface area (Å²) in [5.41, 5.74) is 0. The summed E-state index contributed by atoms with van der Waals surface area (Å²) in [6, 6.07) is 0. The van der Waals surface area contributed by atoms with Crippen LogP contribution >= 0.6 is 0 Å². The molecule has 1 saturated carbocycles. The van der Waals surface area contributed by atoms with E-state index in [1.807, 2.05) is 0 Å². The molecule has 18 heavy (non-hydrogen) atoms. The Hall–Kier alpha value is 0. The first-order chi connectivity index (χ1) is 8.69. The van der Waals surface area contributed by atoms with Crippen molar-refractivity contribution < 1.29 is 0 Å². The van der Waals surface area contributed by atoms with Crippen LogP contribution in [-0.4, -0.2) is 0 Å². The molecule has 1 fully saturated rings. The maximum absolute atomic E-state index is 2.50. The lowest BCUT2D eigenvalue weighted by Crippen LogP contribution is -2.20. The van der Waals surface area contributed by atoms with E-state index in [-0.39, 0.29) is 0 Å². The topological polar surface area (TPSA) is 0 Å². The van der Waals surface area contributed by atoms with Crippen molar-refractivity contribution in [1.29, 1.82) is 0 Å². The van der Waals surface area contributed by atoms with Gasteiger partial charge in [0.15, 0.2) is 0 Å². The van der Waals surface area contributed by atoms with Crippen LogP contribution in [0.5, 0.6) is 0 Å². The molecule has 0 radical (unpaired) electrons. The fourth-order valence-electron chi connectivity index (χ4n) is 3.81. The highest BCUT2D eigenvalue weighted by atomic mass is 14.3. The van der Waals surface area contributed by atoms with Gasteiger partial charge in [-0.3, -0.25) is 0 Å².